The van der Waals surface area contributed by atoms with Crippen molar-refractivity contribution in [1.82, 2.24) is 30.9 Å². The summed E-state index contributed by atoms with van der Waals surface area (Å²) in [7, 11) is 0. The molecule has 2 rings (SSSR count). The highest BCUT2D eigenvalue weighted by Crippen LogP contribution is 2.28. The molecule has 2 heterocycles. The Kier molecular flexibility index (Phi) is 3.63. The summed E-state index contributed by atoms with van der Waals surface area (Å²) in [6.07, 6.45) is -3.88. The van der Waals surface area contributed by atoms with Gasteiger partial charge in [-0.2, -0.15) is 18.4 Å². The van der Waals surface area contributed by atoms with Crippen LogP contribution in [0.5, 0.6) is 0 Å². The second-order valence-corrected chi connectivity index (χ2v) is 3.90. The number of rotatable bonds is 3. The van der Waals surface area contributed by atoms with Gasteiger partial charge in [-0.25, -0.2) is 0 Å². The van der Waals surface area contributed by atoms with Gasteiger partial charge in [-0.05, 0) is 19.1 Å². The monoisotopic (exact) mass is 286 g/mol. The number of pyridine rings is 1. The molecule has 0 fully saturated rings. The summed E-state index contributed by atoms with van der Waals surface area (Å²) >= 11 is 0. The molecule has 0 aromatic carbocycles. The number of aromatic nitrogens is 5. The molecule has 0 aliphatic rings. The van der Waals surface area contributed by atoms with Crippen molar-refractivity contribution in [2.75, 3.05) is 0 Å². The Hall–Kier alpha value is -2.52. The van der Waals surface area contributed by atoms with Gasteiger partial charge in [0.15, 0.2) is 5.82 Å². The average molecular weight is 286 g/mol. The molecule has 0 radical (unpaired) electrons. The summed E-state index contributed by atoms with van der Waals surface area (Å²) in [5.41, 5.74) is -1.05. The normalized spacial score (nSPS) is 13.0. The Balaban J connectivity index is 2.06. The fourth-order valence-electron chi connectivity index (χ4n) is 1.38. The number of halogens is 3. The summed E-state index contributed by atoms with van der Waals surface area (Å²) in [5, 5.41) is 15.4. The molecule has 1 atom stereocenters. The number of hydrogen-bond acceptors (Lipinski definition) is 5. The lowest BCUT2D eigenvalue weighted by Gasteiger charge is -2.10. The highest BCUT2D eigenvalue weighted by atomic mass is 19.4. The summed E-state index contributed by atoms with van der Waals surface area (Å²) in [6.45, 7) is 1.60. The van der Waals surface area contributed by atoms with Crippen LogP contribution in [0.25, 0.3) is 0 Å². The van der Waals surface area contributed by atoms with Crippen LogP contribution in [0.4, 0.5) is 13.2 Å². The Bertz CT molecular complexity index is 580. The first-order valence-corrected chi connectivity index (χ1v) is 5.45. The van der Waals surface area contributed by atoms with Crippen LogP contribution < -0.4 is 5.32 Å². The van der Waals surface area contributed by atoms with Crippen molar-refractivity contribution in [3.63, 3.8) is 0 Å². The maximum Gasteiger partial charge on any atom is 0.417 e. The van der Waals surface area contributed by atoms with E-state index in [1.807, 2.05) is 0 Å². The van der Waals surface area contributed by atoms with E-state index in [2.05, 4.69) is 30.9 Å². The van der Waals surface area contributed by atoms with Crippen LogP contribution in [-0.4, -0.2) is 31.5 Å². The van der Waals surface area contributed by atoms with E-state index >= 15 is 0 Å². The van der Waals surface area contributed by atoms with Gasteiger partial charge in [-0.15, -0.1) is 10.2 Å². The van der Waals surface area contributed by atoms with Crippen LogP contribution in [0, 0.1) is 0 Å². The van der Waals surface area contributed by atoms with Crippen LogP contribution >= 0.6 is 0 Å². The van der Waals surface area contributed by atoms with Gasteiger partial charge in [0.25, 0.3) is 5.91 Å². The van der Waals surface area contributed by atoms with Crippen molar-refractivity contribution in [3.05, 3.63) is 35.4 Å². The lowest BCUT2D eigenvalue weighted by Crippen LogP contribution is -2.28. The third-order valence-electron chi connectivity index (χ3n) is 2.42. The van der Waals surface area contributed by atoms with E-state index in [0.29, 0.717) is 6.20 Å². The molecular formula is C10H9F3N6O. The van der Waals surface area contributed by atoms with E-state index in [1.165, 1.54) is 0 Å². The predicted molar refractivity (Wildman–Crippen MR) is 59.3 cm³/mol. The number of alkyl halides is 3. The van der Waals surface area contributed by atoms with Gasteiger partial charge in [0.1, 0.15) is 5.69 Å². The van der Waals surface area contributed by atoms with E-state index < -0.39 is 23.7 Å². The highest BCUT2D eigenvalue weighted by Gasteiger charge is 2.31. The smallest absolute Gasteiger partial charge is 0.341 e. The second kappa shape index (κ2) is 5.23. The summed E-state index contributed by atoms with van der Waals surface area (Å²) in [6, 6.07) is 1.24. The molecule has 1 amide bonds. The molecule has 1 unspecified atom stereocenters. The predicted octanol–water partition coefficient (Wildman–Crippen LogP) is 1.10. The summed E-state index contributed by atoms with van der Waals surface area (Å²) in [4.78, 5) is 15.3. The van der Waals surface area contributed by atoms with E-state index in [-0.39, 0.29) is 11.5 Å². The number of carbonyl (C=O) groups excluding carboxylic acids is 1. The number of carbonyl (C=O) groups is 1. The van der Waals surface area contributed by atoms with E-state index in [9.17, 15) is 18.0 Å². The van der Waals surface area contributed by atoms with Gasteiger partial charge in [-0.1, -0.05) is 5.21 Å². The summed E-state index contributed by atoms with van der Waals surface area (Å²) < 4.78 is 37.0. The lowest BCUT2D eigenvalue weighted by atomic mass is 10.2. The van der Waals surface area contributed by atoms with Crippen LogP contribution in [-0.2, 0) is 6.18 Å². The minimum absolute atomic E-state index is 0.131. The maximum absolute atomic E-state index is 12.3. The van der Waals surface area contributed by atoms with Crippen LogP contribution in [0.15, 0.2) is 18.3 Å². The molecule has 2 aromatic heterocycles. The van der Waals surface area contributed by atoms with Gasteiger partial charge >= 0.3 is 6.18 Å². The largest absolute Gasteiger partial charge is 0.417 e. The number of aromatic amines is 1. The molecule has 106 valence electrons. The van der Waals surface area contributed by atoms with Crippen molar-refractivity contribution in [2.24, 2.45) is 0 Å². The minimum Gasteiger partial charge on any atom is -0.341 e. The first-order chi connectivity index (χ1) is 9.38. The number of amides is 1. The number of H-pyrrole nitrogens is 1. The second-order valence-electron chi connectivity index (χ2n) is 3.90. The Morgan fingerprint density at radius 2 is 2.15 bits per heavy atom. The minimum atomic E-state index is -4.49. The van der Waals surface area contributed by atoms with Gasteiger partial charge in [0.2, 0.25) is 0 Å². The molecule has 2 N–H and O–H groups in total. The molecule has 0 aliphatic heterocycles. The molecule has 2 aromatic rings. The van der Waals surface area contributed by atoms with Crippen molar-refractivity contribution in [3.8, 4) is 0 Å². The maximum atomic E-state index is 12.3. The quantitative estimate of drug-likeness (QED) is 0.880. The van der Waals surface area contributed by atoms with Crippen LogP contribution in [0.3, 0.4) is 0 Å². The number of tetrazole rings is 1. The topological polar surface area (TPSA) is 96.5 Å². The molecule has 7 nitrogen and oxygen atoms in total. The number of hydrogen-bond donors (Lipinski definition) is 2. The standard InChI is InChI=1S/C10H9F3N6O/c1-5(8-16-18-19-17-8)15-9(20)7-3-2-6(4-14-7)10(11,12)13/h2-5H,1H3,(H,15,20)(H,16,17,18,19). The van der Waals surface area contributed by atoms with Crippen LogP contribution in [0.1, 0.15) is 34.8 Å². The molecule has 0 spiro atoms. The molecule has 0 aliphatic carbocycles. The van der Waals surface area contributed by atoms with Gasteiger partial charge in [0, 0.05) is 6.20 Å². The number of nitrogens with zero attached hydrogens (tertiary/aromatic N) is 4. The fraction of sp³-hybridized carbons (Fsp3) is 0.300. The highest BCUT2D eigenvalue weighted by molar-refractivity contribution is 5.92. The Labute approximate surface area is 110 Å². The van der Waals surface area contributed by atoms with Gasteiger partial charge < -0.3 is 5.32 Å². The van der Waals surface area contributed by atoms with Crippen molar-refractivity contribution in [2.45, 2.75) is 19.1 Å². The summed E-state index contributed by atoms with van der Waals surface area (Å²) in [5.74, 6) is -0.374. The molecule has 10 heteroatoms. The molecule has 0 bridgehead atoms. The Morgan fingerprint density at radius 3 is 2.65 bits per heavy atom. The third kappa shape index (κ3) is 3.08. The van der Waals surface area contributed by atoms with E-state index in [4.69, 9.17) is 0 Å². The molecule has 20 heavy (non-hydrogen) atoms. The fourth-order valence-corrected chi connectivity index (χ4v) is 1.38. The zero-order chi connectivity index (χ0) is 14.8. The first kappa shape index (κ1) is 13.9. The molecule has 0 saturated carbocycles. The van der Waals surface area contributed by atoms with Crippen molar-refractivity contribution >= 4 is 5.91 Å². The SMILES string of the molecule is CC(NC(=O)c1ccc(C(F)(F)F)cn1)c1nn[nH]n1. The van der Waals surface area contributed by atoms with Crippen LogP contribution in [0.2, 0.25) is 0 Å². The zero-order valence-electron chi connectivity index (χ0n) is 10.1. The van der Waals surface area contributed by atoms with Gasteiger partial charge in [0.05, 0.1) is 11.6 Å². The molecular weight excluding hydrogens is 277 g/mol. The van der Waals surface area contributed by atoms with Crippen molar-refractivity contribution < 1.29 is 18.0 Å². The zero-order valence-corrected chi connectivity index (χ0v) is 10.1. The average Bonchev–Trinajstić information content (AvgIpc) is 2.91. The van der Waals surface area contributed by atoms with Crippen molar-refractivity contribution in [1.29, 1.82) is 0 Å². The lowest BCUT2D eigenvalue weighted by molar-refractivity contribution is -0.137. The van der Waals surface area contributed by atoms with E-state index in [0.717, 1.165) is 12.1 Å². The third-order valence-corrected chi connectivity index (χ3v) is 2.42. The molecule has 0 saturated heterocycles. The van der Waals surface area contributed by atoms with Gasteiger partial charge in [-0.3, -0.25) is 9.78 Å². The number of nitrogens with one attached hydrogen (secondary N) is 2. The first-order valence-electron chi connectivity index (χ1n) is 5.45. The Morgan fingerprint density at radius 1 is 1.40 bits per heavy atom. The van der Waals surface area contributed by atoms with E-state index in [1.54, 1.807) is 6.92 Å².